The number of aromatic hydroxyl groups is 1. The van der Waals surface area contributed by atoms with Crippen LogP contribution in [0.5, 0.6) is 5.75 Å². The molecule has 1 aromatic carbocycles. The summed E-state index contributed by atoms with van der Waals surface area (Å²) in [5, 5.41) is 10.0. The van der Waals surface area contributed by atoms with Crippen molar-refractivity contribution in [1.29, 1.82) is 0 Å². The van der Waals surface area contributed by atoms with E-state index in [2.05, 4.69) is 20.7 Å². The summed E-state index contributed by atoms with van der Waals surface area (Å²) in [6.07, 6.45) is 0. The minimum absolute atomic E-state index is 0.0350. The number of anilines is 1. The Bertz CT molecular complexity index is 568. The van der Waals surface area contributed by atoms with Gasteiger partial charge in [0.1, 0.15) is 12.3 Å². The number of nitrogens with zero attached hydrogens (tertiary/aromatic N) is 1. The Morgan fingerprint density at radius 1 is 1.47 bits per heavy atom. The Kier molecular flexibility index (Phi) is 3.30. The van der Waals surface area contributed by atoms with Crippen LogP contribution in [0.1, 0.15) is 19.4 Å². The van der Waals surface area contributed by atoms with Crippen molar-refractivity contribution in [2.75, 3.05) is 18.6 Å². The molecular formula is C13H14BrNO4. The lowest BCUT2D eigenvalue weighted by Gasteiger charge is -2.19. The SMILES string of the molecule is COC(=O)CN1C(=O)C(C)(C)c2cc(Br)cc(O)c21. The lowest BCUT2D eigenvalue weighted by atomic mass is 9.86. The molecule has 0 radical (unpaired) electrons. The molecule has 0 saturated heterocycles. The number of ether oxygens (including phenoxy) is 1. The third-order valence-electron chi connectivity index (χ3n) is 3.29. The molecule has 1 heterocycles. The highest BCUT2D eigenvalue weighted by Crippen LogP contribution is 2.47. The van der Waals surface area contributed by atoms with Gasteiger partial charge >= 0.3 is 5.97 Å². The molecule has 1 aliphatic rings. The van der Waals surface area contributed by atoms with Crippen molar-refractivity contribution in [3.05, 3.63) is 22.2 Å². The van der Waals surface area contributed by atoms with Crippen LogP contribution < -0.4 is 4.90 Å². The first-order valence-corrected chi connectivity index (χ1v) is 6.50. The van der Waals surface area contributed by atoms with Crippen molar-refractivity contribution in [3.63, 3.8) is 0 Å². The molecule has 5 nitrogen and oxygen atoms in total. The van der Waals surface area contributed by atoms with E-state index in [-0.39, 0.29) is 18.2 Å². The molecule has 1 aliphatic heterocycles. The summed E-state index contributed by atoms with van der Waals surface area (Å²) in [6.45, 7) is 3.32. The number of esters is 1. The fourth-order valence-corrected chi connectivity index (χ4v) is 2.69. The van der Waals surface area contributed by atoms with Crippen molar-refractivity contribution in [2.24, 2.45) is 0 Å². The fraction of sp³-hybridized carbons (Fsp3) is 0.385. The Balaban J connectivity index is 2.57. The summed E-state index contributed by atoms with van der Waals surface area (Å²) in [4.78, 5) is 25.1. The molecule has 0 bridgehead atoms. The number of hydrogen-bond acceptors (Lipinski definition) is 4. The smallest absolute Gasteiger partial charge is 0.325 e. The minimum atomic E-state index is -0.787. The largest absolute Gasteiger partial charge is 0.506 e. The number of benzene rings is 1. The normalized spacial score (nSPS) is 16.4. The maximum atomic E-state index is 12.4. The number of methoxy groups -OCH3 is 1. The van der Waals surface area contributed by atoms with Crippen LogP contribution in [-0.2, 0) is 19.7 Å². The second kappa shape index (κ2) is 4.52. The van der Waals surface area contributed by atoms with Crippen LogP contribution in [0.25, 0.3) is 0 Å². The molecule has 1 amide bonds. The number of hydrogen-bond donors (Lipinski definition) is 1. The number of rotatable bonds is 2. The highest BCUT2D eigenvalue weighted by Gasteiger charge is 2.46. The zero-order chi connectivity index (χ0) is 14.4. The fourth-order valence-electron chi connectivity index (χ4n) is 2.24. The second-order valence-corrected chi connectivity index (χ2v) is 5.83. The average Bonchev–Trinajstić information content (AvgIpc) is 2.51. The minimum Gasteiger partial charge on any atom is -0.506 e. The van der Waals surface area contributed by atoms with Gasteiger partial charge in [0.05, 0.1) is 18.2 Å². The van der Waals surface area contributed by atoms with Gasteiger partial charge < -0.3 is 9.84 Å². The van der Waals surface area contributed by atoms with Gasteiger partial charge in [0, 0.05) is 4.47 Å². The third-order valence-corrected chi connectivity index (χ3v) is 3.75. The van der Waals surface area contributed by atoms with Gasteiger partial charge in [-0.1, -0.05) is 15.9 Å². The molecule has 0 aliphatic carbocycles. The van der Waals surface area contributed by atoms with Crippen LogP contribution in [0.3, 0.4) is 0 Å². The van der Waals surface area contributed by atoms with E-state index in [9.17, 15) is 14.7 Å². The first-order valence-electron chi connectivity index (χ1n) is 5.70. The molecule has 6 heteroatoms. The third kappa shape index (κ3) is 2.10. The van der Waals surface area contributed by atoms with E-state index in [0.717, 1.165) is 0 Å². The zero-order valence-electron chi connectivity index (χ0n) is 10.9. The summed E-state index contributed by atoms with van der Waals surface area (Å²) in [7, 11) is 1.26. The van der Waals surface area contributed by atoms with Gasteiger partial charge in [-0.05, 0) is 31.5 Å². The Labute approximate surface area is 119 Å². The number of phenolic OH excluding ortho intramolecular Hbond substituents is 1. The molecule has 0 fully saturated rings. The van der Waals surface area contributed by atoms with E-state index in [1.165, 1.54) is 18.1 Å². The van der Waals surface area contributed by atoms with Crippen molar-refractivity contribution in [1.82, 2.24) is 0 Å². The topological polar surface area (TPSA) is 66.8 Å². The number of halogens is 1. The van der Waals surface area contributed by atoms with Crippen molar-refractivity contribution in [2.45, 2.75) is 19.3 Å². The molecule has 0 spiro atoms. The number of carbonyl (C=O) groups excluding carboxylic acids is 2. The summed E-state index contributed by atoms with van der Waals surface area (Å²) in [5.41, 5.74) is 0.279. The lowest BCUT2D eigenvalue weighted by Crippen LogP contribution is -2.39. The van der Waals surface area contributed by atoms with Crippen LogP contribution in [0.4, 0.5) is 5.69 Å². The predicted octanol–water partition coefficient (Wildman–Crippen LogP) is 1.95. The molecular weight excluding hydrogens is 314 g/mol. The van der Waals surface area contributed by atoms with Crippen molar-refractivity contribution < 1.29 is 19.4 Å². The Hall–Kier alpha value is -1.56. The number of amides is 1. The van der Waals surface area contributed by atoms with E-state index in [1.54, 1.807) is 19.9 Å². The van der Waals surface area contributed by atoms with Gasteiger partial charge in [-0.25, -0.2) is 0 Å². The van der Waals surface area contributed by atoms with Crippen molar-refractivity contribution >= 4 is 33.5 Å². The highest BCUT2D eigenvalue weighted by atomic mass is 79.9. The number of fused-ring (bicyclic) bond motifs is 1. The molecule has 0 atom stereocenters. The lowest BCUT2D eigenvalue weighted by molar-refractivity contribution is -0.140. The monoisotopic (exact) mass is 327 g/mol. The van der Waals surface area contributed by atoms with Crippen LogP contribution in [0.2, 0.25) is 0 Å². The number of carbonyl (C=O) groups is 2. The molecule has 2 rings (SSSR count). The van der Waals surface area contributed by atoms with Gasteiger partial charge in [-0.15, -0.1) is 0 Å². The molecule has 19 heavy (non-hydrogen) atoms. The molecule has 1 aromatic rings. The molecule has 0 aromatic heterocycles. The summed E-state index contributed by atoms with van der Waals surface area (Å²) in [6, 6.07) is 3.28. The maximum Gasteiger partial charge on any atom is 0.325 e. The van der Waals surface area contributed by atoms with E-state index in [1.807, 2.05) is 0 Å². The maximum absolute atomic E-state index is 12.4. The van der Waals surface area contributed by atoms with Crippen LogP contribution in [-0.4, -0.2) is 30.6 Å². The standard InChI is InChI=1S/C13H14BrNO4/c1-13(2)8-4-7(14)5-9(16)11(8)15(12(13)18)6-10(17)19-3/h4-5,16H,6H2,1-3H3. The van der Waals surface area contributed by atoms with Crippen molar-refractivity contribution in [3.8, 4) is 5.75 Å². The van der Waals surface area contributed by atoms with E-state index >= 15 is 0 Å². The summed E-state index contributed by atoms with van der Waals surface area (Å²) < 4.78 is 5.27. The van der Waals surface area contributed by atoms with Gasteiger partial charge in [0.2, 0.25) is 5.91 Å². The van der Waals surface area contributed by atoms with Gasteiger partial charge in [0.15, 0.2) is 0 Å². The van der Waals surface area contributed by atoms with E-state index in [4.69, 9.17) is 0 Å². The van der Waals surface area contributed by atoms with Gasteiger partial charge in [0.25, 0.3) is 0 Å². The van der Waals surface area contributed by atoms with Gasteiger partial charge in [-0.3, -0.25) is 14.5 Å². The zero-order valence-corrected chi connectivity index (χ0v) is 12.4. The van der Waals surface area contributed by atoms with Crippen LogP contribution in [0, 0.1) is 0 Å². The van der Waals surface area contributed by atoms with E-state index in [0.29, 0.717) is 15.7 Å². The summed E-state index contributed by atoms with van der Waals surface area (Å²) in [5.74, 6) is -0.798. The molecule has 102 valence electrons. The average molecular weight is 328 g/mol. The first-order chi connectivity index (χ1) is 8.78. The Morgan fingerprint density at radius 3 is 2.68 bits per heavy atom. The Morgan fingerprint density at radius 2 is 2.11 bits per heavy atom. The van der Waals surface area contributed by atoms with Gasteiger partial charge in [-0.2, -0.15) is 0 Å². The summed E-state index contributed by atoms with van der Waals surface area (Å²) >= 11 is 3.29. The molecule has 0 unspecified atom stereocenters. The van der Waals surface area contributed by atoms with Crippen LogP contribution >= 0.6 is 15.9 Å². The highest BCUT2D eigenvalue weighted by molar-refractivity contribution is 9.10. The second-order valence-electron chi connectivity index (χ2n) is 4.91. The molecule has 0 saturated carbocycles. The quantitative estimate of drug-likeness (QED) is 0.843. The predicted molar refractivity (Wildman–Crippen MR) is 73.2 cm³/mol. The first kappa shape index (κ1) is 13.9. The number of phenols is 1. The van der Waals surface area contributed by atoms with Crippen LogP contribution in [0.15, 0.2) is 16.6 Å². The molecule has 1 N–H and O–H groups in total. The van der Waals surface area contributed by atoms with E-state index < -0.39 is 11.4 Å².